The molecule has 1 aromatic rings. The second-order valence-electron chi connectivity index (χ2n) is 2.54. The summed E-state index contributed by atoms with van der Waals surface area (Å²) >= 11 is 4.21. The highest BCUT2D eigenvalue weighted by Crippen LogP contribution is 2.31. The summed E-state index contributed by atoms with van der Waals surface area (Å²) in [6, 6.07) is 5.82. The van der Waals surface area contributed by atoms with E-state index in [1.165, 1.54) is 0 Å². The lowest BCUT2D eigenvalue weighted by atomic mass is 10.2. The molecule has 0 N–H and O–H groups in total. The quantitative estimate of drug-likeness (QED) is 0.749. The van der Waals surface area contributed by atoms with Gasteiger partial charge in [-0.15, -0.1) is 0 Å². The summed E-state index contributed by atoms with van der Waals surface area (Å²) < 4.78 is 10.7. The number of thiol groups is 1. The van der Waals surface area contributed by atoms with Crippen molar-refractivity contribution in [2.75, 3.05) is 13.7 Å². The van der Waals surface area contributed by atoms with Crippen LogP contribution < -0.4 is 9.47 Å². The van der Waals surface area contributed by atoms with E-state index in [2.05, 4.69) is 12.6 Å². The molecule has 0 aromatic heterocycles. The molecule has 0 spiro atoms. The van der Waals surface area contributed by atoms with E-state index in [4.69, 9.17) is 9.47 Å². The van der Waals surface area contributed by atoms with Crippen LogP contribution >= 0.6 is 12.6 Å². The second kappa shape index (κ2) is 5.02. The topological polar surface area (TPSA) is 18.5 Å². The monoisotopic (exact) mass is 198 g/mol. The van der Waals surface area contributed by atoms with Gasteiger partial charge in [-0.05, 0) is 13.0 Å². The molecule has 0 aliphatic rings. The smallest absolute Gasteiger partial charge is 0.164 e. The lowest BCUT2D eigenvalue weighted by molar-refractivity contribution is 0.309. The van der Waals surface area contributed by atoms with Gasteiger partial charge in [0.1, 0.15) is 0 Å². The summed E-state index contributed by atoms with van der Waals surface area (Å²) in [6.45, 7) is 2.60. The van der Waals surface area contributed by atoms with Crippen LogP contribution in [0.25, 0.3) is 0 Å². The van der Waals surface area contributed by atoms with Gasteiger partial charge in [-0.2, -0.15) is 12.6 Å². The maximum absolute atomic E-state index is 5.41. The Labute approximate surface area is 84.3 Å². The molecule has 0 aliphatic heterocycles. The van der Waals surface area contributed by atoms with Crippen LogP contribution in [0.15, 0.2) is 18.2 Å². The molecule has 13 heavy (non-hydrogen) atoms. The molecule has 0 unspecified atom stereocenters. The highest BCUT2D eigenvalue weighted by Gasteiger charge is 2.07. The Bertz CT molecular complexity index is 274. The first kappa shape index (κ1) is 10.3. The fourth-order valence-corrected chi connectivity index (χ4v) is 1.44. The first-order valence-corrected chi connectivity index (χ1v) is 4.86. The van der Waals surface area contributed by atoms with Gasteiger partial charge in [-0.3, -0.25) is 0 Å². The van der Waals surface area contributed by atoms with Gasteiger partial charge < -0.3 is 9.47 Å². The summed E-state index contributed by atoms with van der Waals surface area (Å²) in [7, 11) is 1.64. The average Bonchev–Trinajstić information content (AvgIpc) is 2.18. The molecule has 0 radical (unpaired) electrons. The highest BCUT2D eigenvalue weighted by atomic mass is 32.1. The van der Waals surface area contributed by atoms with Gasteiger partial charge in [0.15, 0.2) is 11.5 Å². The lowest BCUT2D eigenvalue weighted by Crippen LogP contribution is -1.97. The molecule has 0 saturated carbocycles. The van der Waals surface area contributed by atoms with E-state index in [-0.39, 0.29) is 0 Å². The molecular formula is C10H14O2S. The van der Waals surface area contributed by atoms with Gasteiger partial charge in [-0.25, -0.2) is 0 Å². The third-order valence-corrected chi connectivity index (χ3v) is 2.08. The number of benzene rings is 1. The predicted octanol–water partition coefficient (Wildman–Crippen LogP) is 2.52. The van der Waals surface area contributed by atoms with Gasteiger partial charge in [0.05, 0.1) is 13.7 Å². The van der Waals surface area contributed by atoms with Crippen LogP contribution in [0, 0.1) is 0 Å². The first-order chi connectivity index (χ1) is 6.33. The number of hydrogen-bond acceptors (Lipinski definition) is 3. The van der Waals surface area contributed by atoms with E-state index in [1.54, 1.807) is 7.11 Å². The minimum absolute atomic E-state index is 0.645. The average molecular weight is 198 g/mol. The number of hydrogen-bond donors (Lipinski definition) is 1. The van der Waals surface area contributed by atoms with E-state index in [9.17, 15) is 0 Å². The molecule has 0 atom stereocenters. The maximum atomic E-state index is 5.41. The van der Waals surface area contributed by atoms with Crippen LogP contribution in [0.1, 0.15) is 12.5 Å². The minimum Gasteiger partial charge on any atom is -0.493 e. The van der Waals surface area contributed by atoms with E-state index in [0.29, 0.717) is 12.4 Å². The molecule has 1 rings (SSSR count). The normalized spacial score (nSPS) is 9.77. The zero-order chi connectivity index (χ0) is 9.68. The third-order valence-electron chi connectivity index (χ3n) is 1.73. The van der Waals surface area contributed by atoms with Gasteiger partial charge in [0.2, 0.25) is 0 Å². The van der Waals surface area contributed by atoms with Crippen molar-refractivity contribution in [3.8, 4) is 11.5 Å². The van der Waals surface area contributed by atoms with Gasteiger partial charge in [0.25, 0.3) is 0 Å². The zero-order valence-electron chi connectivity index (χ0n) is 7.91. The van der Waals surface area contributed by atoms with Crippen LogP contribution in [0.5, 0.6) is 11.5 Å². The number of ether oxygens (including phenoxy) is 2. The van der Waals surface area contributed by atoms with Crippen molar-refractivity contribution in [3.63, 3.8) is 0 Å². The molecule has 1 aromatic carbocycles. The second-order valence-corrected chi connectivity index (χ2v) is 2.86. The molecule has 0 fully saturated rings. The molecule has 0 saturated heterocycles. The number of rotatable bonds is 4. The molecule has 0 heterocycles. The molecule has 0 amide bonds. The Morgan fingerprint density at radius 3 is 2.69 bits per heavy atom. The summed E-state index contributed by atoms with van der Waals surface area (Å²) in [4.78, 5) is 0. The summed E-state index contributed by atoms with van der Waals surface area (Å²) in [6.07, 6.45) is 0. The molecular weight excluding hydrogens is 184 g/mol. The SMILES string of the molecule is CCOc1cccc(CS)c1OC. The van der Waals surface area contributed by atoms with Gasteiger partial charge in [-0.1, -0.05) is 12.1 Å². The van der Waals surface area contributed by atoms with E-state index >= 15 is 0 Å². The number of methoxy groups -OCH3 is 1. The summed E-state index contributed by atoms with van der Waals surface area (Å²) in [5.74, 6) is 2.24. The largest absolute Gasteiger partial charge is 0.493 e. The lowest BCUT2D eigenvalue weighted by Gasteiger charge is -2.11. The summed E-state index contributed by atoms with van der Waals surface area (Å²) in [5, 5.41) is 0. The molecule has 0 bridgehead atoms. The van der Waals surface area contributed by atoms with E-state index < -0.39 is 0 Å². The fourth-order valence-electron chi connectivity index (χ4n) is 1.19. The Balaban J connectivity index is 3.03. The van der Waals surface area contributed by atoms with Crippen molar-refractivity contribution in [1.82, 2.24) is 0 Å². The van der Waals surface area contributed by atoms with E-state index in [0.717, 1.165) is 17.1 Å². The van der Waals surface area contributed by atoms with Crippen molar-refractivity contribution in [3.05, 3.63) is 23.8 Å². The Morgan fingerprint density at radius 1 is 1.38 bits per heavy atom. The van der Waals surface area contributed by atoms with E-state index in [1.807, 2.05) is 25.1 Å². The minimum atomic E-state index is 0.645. The maximum Gasteiger partial charge on any atom is 0.164 e. The molecule has 3 heteroatoms. The predicted molar refractivity (Wildman–Crippen MR) is 56.9 cm³/mol. The van der Waals surface area contributed by atoms with Crippen molar-refractivity contribution < 1.29 is 9.47 Å². The number of para-hydroxylation sites is 1. The molecule has 2 nitrogen and oxygen atoms in total. The van der Waals surface area contributed by atoms with Gasteiger partial charge >= 0.3 is 0 Å². The van der Waals surface area contributed by atoms with Gasteiger partial charge in [0, 0.05) is 11.3 Å². The van der Waals surface area contributed by atoms with Crippen molar-refractivity contribution in [1.29, 1.82) is 0 Å². The van der Waals surface area contributed by atoms with Crippen molar-refractivity contribution in [2.24, 2.45) is 0 Å². The Hall–Kier alpha value is -0.830. The van der Waals surface area contributed by atoms with Crippen LogP contribution in [0.2, 0.25) is 0 Å². The van der Waals surface area contributed by atoms with Crippen molar-refractivity contribution in [2.45, 2.75) is 12.7 Å². The first-order valence-electron chi connectivity index (χ1n) is 4.23. The van der Waals surface area contributed by atoms with Crippen LogP contribution in [0.3, 0.4) is 0 Å². The third kappa shape index (κ3) is 2.31. The van der Waals surface area contributed by atoms with Crippen molar-refractivity contribution >= 4 is 12.6 Å². The fraction of sp³-hybridized carbons (Fsp3) is 0.400. The molecule has 0 aliphatic carbocycles. The summed E-state index contributed by atoms with van der Waals surface area (Å²) in [5.41, 5.74) is 1.05. The standard InChI is InChI=1S/C10H14O2S/c1-3-12-9-6-4-5-8(7-13)10(9)11-2/h4-6,13H,3,7H2,1-2H3. The van der Waals surface area contributed by atoms with Crippen LogP contribution in [-0.2, 0) is 5.75 Å². The van der Waals surface area contributed by atoms with Crippen LogP contribution in [-0.4, -0.2) is 13.7 Å². The molecule has 72 valence electrons. The Kier molecular flexibility index (Phi) is 3.96. The van der Waals surface area contributed by atoms with Crippen LogP contribution in [0.4, 0.5) is 0 Å². The highest BCUT2D eigenvalue weighted by molar-refractivity contribution is 7.79. The Morgan fingerprint density at radius 2 is 2.15 bits per heavy atom. The zero-order valence-corrected chi connectivity index (χ0v) is 8.80.